The van der Waals surface area contributed by atoms with E-state index < -0.39 is 0 Å². The SMILES string of the molecule is COc1cc(Cn2cc(CC(=O)N3CCC(C(N)=O)CC3)c3ccccc32)cc(OC)c1. The predicted molar refractivity (Wildman–Crippen MR) is 123 cm³/mol. The molecule has 7 heteroatoms. The monoisotopic (exact) mass is 435 g/mol. The molecule has 7 nitrogen and oxygen atoms in total. The van der Waals surface area contributed by atoms with Gasteiger partial charge in [-0.05, 0) is 42.2 Å². The summed E-state index contributed by atoms with van der Waals surface area (Å²) in [5, 5.41) is 1.07. The predicted octanol–water partition coefficient (Wildman–Crippen LogP) is 2.97. The van der Waals surface area contributed by atoms with Gasteiger partial charge in [-0.25, -0.2) is 0 Å². The highest BCUT2D eigenvalue weighted by molar-refractivity contribution is 5.89. The maximum absolute atomic E-state index is 13.0. The summed E-state index contributed by atoms with van der Waals surface area (Å²) in [6.07, 6.45) is 3.67. The molecule has 0 saturated carbocycles. The van der Waals surface area contributed by atoms with Crippen molar-refractivity contribution in [2.24, 2.45) is 11.7 Å². The van der Waals surface area contributed by atoms with E-state index in [1.54, 1.807) is 14.2 Å². The Hall–Kier alpha value is -3.48. The van der Waals surface area contributed by atoms with Crippen LogP contribution in [0.4, 0.5) is 0 Å². The Balaban J connectivity index is 1.56. The number of primary amides is 1. The fraction of sp³-hybridized carbons (Fsp3) is 0.360. The molecule has 3 aromatic rings. The number of ether oxygens (including phenoxy) is 2. The molecular weight excluding hydrogens is 406 g/mol. The summed E-state index contributed by atoms with van der Waals surface area (Å²) in [6.45, 7) is 1.79. The van der Waals surface area contributed by atoms with Gasteiger partial charge in [0, 0.05) is 48.7 Å². The maximum Gasteiger partial charge on any atom is 0.227 e. The van der Waals surface area contributed by atoms with Crippen molar-refractivity contribution >= 4 is 22.7 Å². The number of amides is 2. The molecule has 0 unspecified atom stereocenters. The minimum atomic E-state index is -0.269. The molecule has 0 aliphatic carbocycles. The summed E-state index contributed by atoms with van der Waals surface area (Å²) in [4.78, 5) is 26.2. The highest BCUT2D eigenvalue weighted by atomic mass is 16.5. The molecule has 1 aliphatic rings. The minimum absolute atomic E-state index is 0.0823. The summed E-state index contributed by atoms with van der Waals surface area (Å²) in [5.74, 6) is 1.17. The summed E-state index contributed by atoms with van der Waals surface area (Å²) < 4.78 is 13.0. The molecule has 0 spiro atoms. The molecule has 1 saturated heterocycles. The van der Waals surface area contributed by atoms with Gasteiger partial charge in [-0.2, -0.15) is 0 Å². The zero-order chi connectivity index (χ0) is 22.7. The third-order valence-electron chi connectivity index (χ3n) is 6.23. The molecule has 4 rings (SSSR count). The molecule has 0 bridgehead atoms. The second-order valence-corrected chi connectivity index (χ2v) is 8.25. The van der Waals surface area contributed by atoms with Gasteiger partial charge in [0.1, 0.15) is 11.5 Å². The van der Waals surface area contributed by atoms with E-state index in [9.17, 15) is 9.59 Å². The second-order valence-electron chi connectivity index (χ2n) is 8.25. The normalized spacial score (nSPS) is 14.5. The van der Waals surface area contributed by atoms with E-state index in [2.05, 4.69) is 22.9 Å². The van der Waals surface area contributed by atoms with Gasteiger partial charge in [-0.1, -0.05) is 18.2 Å². The molecule has 168 valence electrons. The van der Waals surface area contributed by atoms with Gasteiger partial charge in [0.2, 0.25) is 11.8 Å². The van der Waals surface area contributed by atoms with Crippen molar-refractivity contribution < 1.29 is 19.1 Å². The standard InChI is InChI=1S/C25H29N3O4/c1-31-20-11-17(12-21(14-20)32-2)15-28-16-19(22-5-3-4-6-23(22)28)13-24(29)27-9-7-18(8-10-27)25(26)30/h3-6,11-12,14,16,18H,7-10,13,15H2,1-2H3,(H2,26,30). The third-order valence-corrected chi connectivity index (χ3v) is 6.23. The van der Waals surface area contributed by atoms with Gasteiger partial charge in [-0.15, -0.1) is 0 Å². The van der Waals surface area contributed by atoms with Crippen LogP contribution in [0.2, 0.25) is 0 Å². The molecule has 2 amide bonds. The number of methoxy groups -OCH3 is 2. The van der Waals surface area contributed by atoms with Crippen LogP contribution in [0.15, 0.2) is 48.7 Å². The first-order chi connectivity index (χ1) is 15.5. The lowest BCUT2D eigenvalue weighted by Gasteiger charge is -2.30. The second kappa shape index (κ2) is 9.34. The van der Waals surface area contributed by atoms with Gasteiger partial charge in [-0.3, -0.25) is 9.59 Å². The molecule has 1 aliphatic heterocycles. The van der Waals surface area contributed by atoms with Crippen LogP contribution in [0.5, 0.6) is 11.5 Å². The zero-order valence-electron chi connectivity index (χ0n) is 18.5. The lowest BCUT2D eigenvalue weighted by Crippen LogP contribution is -2.42. The molecule has 2 aromatic carbocycles. The first-order valence-corrected chi connectivity index (χ1v) is 10.8. The molecule has 2 N–H and O–H groups in total. The lowest BCUT2D eigenvalue weighted by molar-refractivity contribution is -0.134. The van der Waals surface area contributed by atoms with E-state index >= 15 is 0 Å². The van der Waals surface area contributed by atoms with Gasteiger partial charge in [0.15, 0.2) is 0 Å². The lowest BCUT2D eigenvalue weighted by atomic mass is 9.96. The van der Waals surface area contributed by atoms with E-state index in [0.717, 1.165) is 33.5 Å². The molecule has 1 aromatic heterocycles. The van der Waals surface area contributed by atoms with Crippen molar-refractivity contribution in [3.63, 3.8) is 0 Å². The molecule has 0 atom stereocenters. The fourth-order valence-corrected chi connectivity index (χ4v) is 4.44. The van der Waals surface area contributed by atoms with Crippen LogP contribution < -0.4 is 15.2 Å². The molecular formula is C25H29N3O4. The number of hydrogen-bond donors (Lipinski definition) is 1. The van der Waals surface area contributed by atoms with E-state index in [4.69, 9.17) is 15.2 Å². The number of piperidine rings is 1. The van der Waals surface area contributed by atoms with Gasteiger partial charge < -0.3 is 24.7 Å². The van der Waals surface area contributed by atoms with E-state index in [1.165, 1.54) is 0 Å². The van der Waals surface area contributed by atoms with Crippen molar-refractivity contribution in [1.29, 1.82) is 0 Å². The Morgan fingerprint density at radius 2 is 1.69 bits per heavy atom. The van der Waals surface area contributed by atoms with Crippen molar-refractivity contribution in [3.05, 3.63) is 59.8 Å². The Kier molecular flexibility index (Phi) is 6.35. The van der Waals surface area contributed by atoms with Crippen LogP contribution in [0.25, 0.3) is 10.9 Å². The van der Waals surface area contributed by atoms with E-state index in [1.807, 2.05) is 35.2 Å². The number of nitrogens with zero attached hydrogens (tertiary/aromatic N) is 2. The van der Waals surface area contributed by atoms with Crippen LogP contribution in [0, 0.1) is 5.92 Å². The highest BCUT2D eigenvalue weighted by Gasteiger charge is 2.26. The number of para-hydroxylation sites is 1. The average Bonchev–Trinajstić information content (AvgIpc) is 3.15. The Morgan fingerprint density at radius 1 is 1.03 bits per heavy atom. The summed E-state index contributed by atoms with van der Waals surface area (Å²) >= 11 is 0. The minimum Gasteiger partial charge on any atom is -0.497 e. The first-order valence-electron chi connectivity index (χ1n) is 10.8. The van der Waals surface area contributed by atoms with Crippen molar-refractivity contribution in [1.82, 2.24) is 9.47 Å². The van der Waals surface area contributed by atoms with E-state index in [-0.39, 0.29) is 17.7 Å². The van der Waals surface area contributed by atoms with Crippen LogP contribution in [-0.4, -0.2) is 48.6 Å². The smallest absolute Gasteiger partial charge is 0.227 e. The molecule has 0 radical (unpaired) electrons. The highest BCUT2D eigenvalue weighted by Crippen LogP contribution is 2.27. The van der Waals surface area contributed by atoms with Gasteiger partial charge in [0.05, 0.1) is 20.6 Å². The molecule has 2 heterocycles. The maximum atomic E-state index is 13.0. The number of fused-ring (bicyclic) bond motifs is 1. The fourth-order valence-electron chi connectivity index (χ4n) is 4.44. The summed E-state index contributed by atoms with van der Waals surface area (Å²) in [7, 11) is 3.28. The quantitative estimate of drug-likeness (QED) is 0.618. The number of hydrogen-bond acceptors (Lipinski definition) is 4. The Bertz CT molecular complexity index is 1110. The van der Waals surface area contributed by atoms with Gasteiger partial charge >= 0.3 is 0 Å². The summed E-state index contributed by atoms with van der Waals surface area (Å²) in [6, 6.07) is 14.0. The van der Waals surface area contributed by atoms with Crippen LogP contribution in [-0.2, 0) is 22.6 Å². The molecule has 32 heavy (non-hydrogen) atoms. The Morgan fingerprint density at radius 3 is 2.31 bits per heavy atom. The topological polar surface area (TPSA) is 86.8 Å². The van der Waals surface area contributed by atoms with Crippen LogP contribution in [0.3, 0.4) is 0 Å². The molecule has 1 fully saturated rings. The van der Waals surface area contributed by atoms with E-state index in [0.29, 0.717) is 38.9 Å². The largest absolute Gasteiger partial charge is 0.497 e. The first kappa shape index (κ1) is 21.7. The van der Waals surface area contributed by atoms with Crippen molar-refractivity contribution in [2.75, 3.05) is 27.3 Å². The Labute approximate surface area is 187 Å². The number of benzene rings is 2. The number of carbonyl (C=O) groups excluding carboxylic acids is 2. The number of rotatable bonds is 7. The number of carbonyl (C=O) groups is 2. The number of likely N-dealkylation sites (tertiary alicyclic amines) is 1. The zero-order valence-corrected chi connectivity index (χ0v) is 18.5. The number of nitrogens with two attached hydrogens (primary N) is 1. The van der Waals surface area contributed by atoms with Crippen molar-refractivity contribution in [3.8, 4) is 11.5 Å². The number of aromatic nitrogens is 1. The van der Waals surface area contributed by atoms with Crippen molar-refractivity contribution in [2.45, 2.75) is 25.8 Å². The van der Waals surface area contributed by atoms with Gasteiger partial charge in [0.25, 0.3) is 0 Å². The summed E-state index contributed by atoms with van der Waals surface area (Å²) in [5.41, 5.74) is 8.54. The van der Waals surface area contributed by atoms with Crippen LogP contribution >= 0.6 is 0 Å². The van der Waals surface area contributed by atoms with Crippen LogP contribution in [0.1, 0.15) is 24.0 Å². The third kappa shape index (κ3) is 4.56. The average molecular weight is 436 g/mol.